The molecule has 0 atom stereocenters. The van der Waals surface area contributed by atoms with E-state index in [0.29, 0.717) is 35.3 Å². The number of hydrogen-bond acceptors (Lipinski definition) is 7. The van der Waals surface area contributed by atoms with Crippen molar-refractivity contribution in [3.8, 4) is 11.3 Å². The molecule has 1 saturated heterocycles. The van der Waals surface area contributed by atoms with Gasteiger partial charge in [-0.25, -0.2) is 14.4 Å². The van der Waals surface area contributed by atoms with Crippen molar-refractivity contribution in [1.29, 1.82) is 0 Å². The van der Waals surface area contributed by atoms with Gasteiger partial charge in [-0.15, -0.1) is 0 Å². The Kier molecular flexibility index (Phi) is 8.00. The molecule has 208 valence electrons. The number of anilines is 2. The Morgan fingerprint density at radius 3 is 2.56 bits per heavy atom. The predicted molar refractivity (Wildman–Crippen MR) is 158 cm³/mol. The van der Waals surface area contributed by atoms with Crippen molar-refractivity contribution in [2.75, 3.05) is 44.7 Å². The van der Waals surface area contributed by atoms with E-state index < -0.39 is 0 Å². The maximum absolute atomic E-state index is 13.6. The number of nitrogens with one attached hydrogen (secondary N) is 2. The average molecular weight is 571 g/mol. The molecule has 0 bridgehead atoms. The molecule has 0 spiro atoms. The number of carbonyl (C=O) groups is 1. The summed E-state index contributed by atoms with van der Waals surface area (Å²) >= 11 is 6.38. The fourth-order valence-corrected chi connectivity index (χ4v) is 5.10. The molecule has 4 aromatic rings. The summed E-state index contributed by atoms with van der Waals surface area (Å²) in [5.41, 5.74) is 6.12. The van der Waals surface area contributed by atoms with E-state index in [-0.39, 0.29) is 11.7 Å². The van der Waals surface area contributed by atoms with E-state index in [1.54, 1.807) is 30.5 Å². The molecule has 8 nitrogen and oxygen atoms in total. The van der Waals surface area contributed by atoms with Gasteiger partial charge < -0.3 is 15.4 Å². The number of aromatic nitrogens is 2. The van der Waals surface area contributed by atoms with Crippen LogP contribution < -0.4 is 10.6 Å². The number of morpholine rings is 1. The van der Waals surface area contributed by atoms with Crippen molar-refractivity contribution in [3.05, 3.63) is 106 Å². The van der Waals surface area contributed by atoms with Gasteiger partial charge in [-0.1, -0.05) is 17.7 Å². The van der Waals surface area contributed by atoms with Gasteiger partial charge in [0.1, 0.15) is 5.82 Å². The molecule has 0 unspecified atom stereocenters. The van der Waals surface area contributed by atoms with E-state index in [0.717, 1.165) is 66.5 Å². The van der Waals surface area contributed by atoms with Crippen molar-refractivity contribution in [2.24, 2.45) is 4.99 Å². The number of ether oxygens (including phenoxy) is 1. The largest absolute Gasteiger partial charge is 0.379 e. The van der Waals surface area contributed by atoms with E-state index >= 15 is 0 Å². The minimum atomic E-state index is -0.309. The van der Waals surface area contributed by atoms with Gasteiger partial charge in [0.2, 0.25) is 5.95 Å². The fraction of sp³-hybridized carbons (Fsp3) is 0.226. The van der Waals surface area contributed by atoms with Crippen molar-refractivity contribution < 1.29 is 13.9 Å². The van der Waals surface area contributed by atoms with Gasteiger partial charge in [0.25, 0.3) is 5.91 Å². The maximum atomic E-state index is 13.6. The van der Waals surface area contributed by atoms with Crippen LogP contribution in [-0.4, -0.2) is 65.9 Å². The lowest BCUT2D eigenvalue weighted by Gasteiger charge is -2.26. The van der Waals surface area contributed by atoms with Crippen LogP contribution in [-0.2, 0) is 11.3 Å². The third-order valence-corrected chi connectivity index (χ3v) is 7.34. The summed E-state index contributed by atoms with van der Waals surface area (Å²) < 4.78 is 19.0. The zero-order valence-electron chi connectivity index (χ0n) is 22.2. The number of halogens is 2. The molecule has 3 aromatic carbocycles. The van der Waals surface area contributed by atoms with Crippen LogP contribution in [0, 0.1) is 5.82 Å². The minimum absolute atomic E-state index is 0.113. The van der Waals surface area contributed by atoms with Crippen LogP contribution in [0.4, 0.5) is 16.0 Å². The smallest absolute Gasteiger partial charge is 0.251 e. The molecule has 6 rings (SSSR count). The van der Waals surface area contributed by atoms with Crippen LogP contribution >= 0.6 is 11.6 Å². The molecule has 2 aliphatic rings. The van der Waals surface area contributed by atoms with Gasteiger partial charge in [0, 0.05) is 70.9 Å². The topological polar surface area (TPSA) is 91.7 Å². The monoisotopic (exact) mass is 570 g/mol. The van der Waals surface area contributed by atoms with Crippen LogP contribution in [0.15, 0.2) is 77.9 Å². The zero-order valence-corrected chi connectivity index (χ0v) is 23.0. The molecule has 2 aliphatic heterocycles. The highest BCUT2D eigenvalue weighted by atomic mass is 35.5. The molecule has 1 amide bonds. The van der Waals surface area contributed by atoms with Gasteiger partial charge in [-0.3, -0.25) is 14.7 Å². The Labute approximate surface area is 242 Å². The van der Waals surface area contributed by atoms with E-state index in [1.165, 1.54) is 12.1 Å². The highest BCUT2D eigenvalue weighted by Gasteiger charge is 2.22. The Hall–Kier alpha value is -4.18. The minimum Gasteiger partial charge on any atom is -0.379 e. The first-order valence-corrected chi connectivity index (χ1v) is 13.8. The summed E-state index contributed by atoms with van der Waals surface area (Å²) in [4.78, 5) is 29.0. The van der Waals surface area contributed by atoms with Crippen molar-refractivity contribution >= 4 is 34.9 Å². The average Bonchev–Trinajstić information content (AvgIpc) is 3.15. The van der Waals surface area contributed by atoms with E-state index in [1.807, 2.05) is 30.3 Å². The second-order valence-corrected chi connectivity index (χ2v) is 10.3. The highest BCUT2D eigenvalue weighted by molar-refractivity contribution is 6.31. The number of amides is 1. The number of benzene rings is 3. The highest BCUT2D eigenvalue weighted by Crippen LogP contribution is 2.34. The molecule has 10 heteroatoms. The molecular weight excluding hydrogens is 543 g/mol. The standard InChI is InChI=1S/C31H28ClFN6O2/c32-23-5-10-26-27(17-23)28(20-1-6-24(33)7-2-20)35-18-22-19-36-31(38-29(22)26)37-25-8-3-21(4-9-25)30(40)34-11-12-39-13-15-41-16-14-39/h1-10,17,19H,11-16,18H2,(H,34,40)(H,36,37,38). The van der Waals surface area contributed by atoms with Crippen LogP contribution in [0.3, 0.4) is 0 Å². The van der Waals surface area contributed by atoms with Crippen LogP contribution in [0.2, 0.25) is 5.02 Å². The first kappa shape index (κ1) is 27.0. The number of rotatable bonds is 7. The Morgan fingerprint density at radius 1 is 1.00 bits per heavy atom. The molecule has 1 fully saturated rings. The van der Waals surface area contributed by atoms with Gasteiger partial charge >= 0.3 is 0 Å². The number of carbonyl (C=O) groups excluding carboxylic acids is 1. The molecule has 0 saturated carbocycles. The summed E-state index contributed by atoms with van der Waals surface area (Å²) in [6.07, 6.45) is 1.76. The molecule has 1 aromatic heterocycles. The Bertz CT molecular complexity index is 1590. The normalized spacial score (nSPS) is 14.8. The molecule has 0 radical (unpaired) electrons. The van der Waals surface area contributed by atoms with E-state index in [4.69, 9.17) is 26.3 Å². The number of nitrogens with zero attached hydrogens (tertiary/aromatic N) is 4. The lowest BCUT2D eigenvalue weighted by Crippen LogP contribution is -2.41. The van der Waals surface area contributed by atoms with E-state index in [2.05, 4.69) is 20.5 Å². The van der Waals surface area contributed by atoms with Gasteiger partial charge in [-0.05, 0) is 60.7 Å². The fourth-order valence-electron chi connectivity index (χ4n) is 4.93. The van der Waals surface area contributed by atoms with E-state index in [9.17, 15) is 9.18 Å². The molecular formula is C31H28ClFN6O2. The van der Waals surface area contributed by atoms with Crippen LogP contribution in [0.1, 0.15) is 27.0 Å². The predicted octanol–water partition coefficient (Wildman–Crippen LogP) is 5.09. The third-order valence-electron chi connectivity index (χ3n) is 7.10. The lowest BCUT2D eigenvalue weighted by molar-refractivity contribution is 0.0383. The Balaban J connectivity index is 1.18. The quantitative estimate of drug-likeness (QED) is 0.321. The molecule has 3 heterocycles. The summed E-state index contributed by atoms with van der Waals surface area (Å²) in [5, 5.41) is 6.79. The first-order chi connectivity index (χ1) is 20.0. The Morgan fingerprint density at radius 2 is 1.78 bits per heavy atom. The first-order valence-electron chi connectivity index (χ1n) is 13.5. The van der Waals surface area contributed by atoms with Crippen molar-refractivity contribution in [1.82, 2.24) is 20.2 Å². The lowest BCUT2D eigenvalue weighted by atomic mass is 9.95. The SMILES string of the molecule is O=C(NCCN1CCOCC1)c1ccc(Nc2ncc3c(n2)-c2ccc(Cl)cc2C(c2ccc(F)cc2)=NC3)cc1. The number of hydrogen-bond donors (Lipinski definition) is 2. The van der Waals surface area contributed by atoms with Crippen molar-refractivity contribution in [2.45, 2.75) is 6.54 Å². The molecule has 41 heavy (non-hydrogen) atoms. The van der Waals surface area contributed by atoms with Gasteiger partial charge in [0.15, 0.2) is 0 Å². The summed E-state index contributed by atoms with van der Waals surface area (Å²) in [6.45, 7) is 5.01. The summed E-state index contributed by atoms with van der Waals surface area (Å²) in [7, 11) is 0. The van der Waals surface area contributed by atoms with Gasteiger partial charge in [-0.2, -0.15) is 0 Å². The summed E-state index contributed by atoms with van der Waals surface area (Å²) in [6, 6.07) is 19.1. The zero-order chi connectivity index (χ0) is 28.2. The van der Waals surface area contributed by atoms with Crippen LogP contribution in [0.5, 0.6) is 0 Å². The van der Waals surface area contributed by atoms with Gasteiger partial charge in [0.05, 0.1) is 31.2 Å². The summed E-state index contributed by atoms with van der Waals surface area (Å²) in [5.74, 6) is -0.00694. The van der Waals surface area contributed by atoms with Crippen molar-refractivity contribution in [3.63, 3.8) is 0 Å². The maximum Gasteiger partial charge on any atom is 0.251 e. The number of aliphatic imine (C=N–C) groups is 1. The second kappa shape index (κ2) is 12.1. The molecule has 2 N–H and O–H groups in total. The number of fused-ring (bicyclic) bond motifs is 3. The second-order valence-electron chi connectivity index (χ2n) is 9.84. The molecule has 0 aliphatic carbocycles. The third kappa shape index (κ3) is 6.27. The van der Waals surface area contributed by atoms with Crippen LogP contribution in [0.25, 0.3) is 11.3 Å².